The minimum atomic E-state index is -0.505. The number of aromatic nitrogens is 3. The molecule has 0 N–H and O–H groups in total. The number of ether oxygens (including phenoxy) is 3. The van der Waals surface area contributed by atoms with E-state index >= 15 is 0 Å². The average Bonchev–Trinajstić information content (AvgIpc) is 3.29. The Balaban J connectivity index is 1.85. The molecule has 0 bridgehead atoms. The van der Waals surface area contributed by atoms with Crippen LogP contribution in [0.4, 0.5) is 5.82 Å². The second-order valence-corrected chi connectivity index (χ2v) is 7.33. The number of nitrogens with zero attached hydrogens (tertiary/aromatic N) is 4. The van der Waals surface area contributed by atoms with Crippen molar-refractivity contribution in [2.45, 2.75) is 26.2 Å². The molecule has 9 heteroatoms. The molecule has 1 fully saturated rings. The smallest absolute Gasteiger partial charge is 0.361 e. The summed E-state index contributed by atoms with van der Waals surface area (Å²) in [4.78, 5) is 23.4. The Bertz CT molecular complexity index is 1030. The molecule has 1 aliphatic heterocycles. The number of rotatable bonds is 5. The Morgan fingerprint density at radius 3 is 2.86 bits per heavy atom. The molecule has 2 aromatic heterocycles. The fraction of sp³-hybridized carbons (Fsp3) is 0.421. The third kappa shape index (κ3) is 3.50. The molecular formula is C19H21ClN4O4. The predicted octanol–water partition coefficient (Wildman–Crippen LogP) is 2.91. The number of anilines is 1. The van der Waals surface area contributed by atoms with Crippen LogP contribution in [0.2, 0.25) is 5.02 Å². The highest BCUT2D eigenvalue weighted by molar-refractivity contribution is 6.31. The van der Waals surface area contributed by atoms with Gasteiger partial charge in [0, 0.05) is 17.5 Å². The molecule has 8 nitrogen and oxygen atoms in total. The van der Waals surface area contributed by atoms with E-state index in [2.05, 4.69) is 4.98 Å². The van der Waals surface area contributed by atoms with Gasteiger partial charge in [-0.3, -0.25) is 4.40 Å². The number of esters is 1. The van der Waals surface area contributed by atoms with Gasteiger partial charge in [0.2, 0.25) is 0 Å². The second-order valence-electron chi connectivity index (χ2n) is 6.89. The molecule has 0 radical (unpaired) electrons. The van der Waals surface area contributed by atoms with Crippen molar-refractivity contribution in [1.82, 2.24) is 14.4 Å². The molecule has 0 saturated carbocycles. The normalized spacial score (nSPS) is 15.0. The van der Waals surface area contributed by atoms with Crippen molar-refractivity contribution in [3.8, 4) is 0 Å². The lowest BCUT2D eigenvalue weighted by atomic mass is 10.2. The van der Waals surface area contributed by atoms with E-state index in [1.807, 2.05) is 24.1 Å². The fourth-order valence-electron chi connectivity index (χ4n) is 3.21. The standard InChI is InChI=1S/C19H21ClN4O4/c1-11(2)28-19(25)16-18-22-17(23(3)9-15-26-6-7-27-15)13-8-12(20)4-5-14(13)24(18)10-21-16/h4-5,8,10-11,15H,6-7,9H2,1-3H3. The van der Waals surface area contributed by atoms with E-state index in [-0.39, 0.29) is 18.1 Å². The van der Waals surface area contributed by atoms with Crippen LogP contribution in [0.25, 0.3) is 16.6 Å². The first-order chi connectivity index (χ1) is 13.4. The number of imidazole rings is 1. The predicted molar refractivity (Wildman–Crippen MR) is 105 cm³/mol. The number of carbonyl (C=O) groups excluding carboxylic acids is 1. The molecule has 3 heterocycles. The van der Waals surface area contributed by atoms with E-state index in [0.717, 1.165) is 10.9 Å². The fourth-order valence-corrected chi connectivity index (χ4v) is 3.38. The van der Waals surface area contributed by atoms with E-state index in [9.17, 15) is 4.79 Å². The van der Waals surface area contributed by atoms with Crippen LogP contribution < -0.4 is 4.90 Å². The van der Waals surface area contributed by atoms with Crippen LogP contribution in [0.3, 0.4) is 0 Å². The number of carbonyl (C=O) groups is 1. The van der Waals surface area contributed by atoms with Gasteiger partial charge < -0.3 is 19.1 Å². The quantitative estimate of drug-likeness (QED) is 0.605. The first-order valence-corrected chi connectivity index (χ1v) is 9.43. The third-order valence-electron chi connectivity index (χ3n) is 4.42. The van der Waals surface area contributed by atoms with Crippen LogP contribution in [-0.2, 0) is 14.2 Å². The molecule has 0 unspecified atom stereocenters. The summed E-state index contributed by atoms with van der Waals surface area (Å²) in [7, 11) is 1.90. The molecular weight excluding hydrogens is 384 g/mol. The summed E-state index contributed by atoms with van der Waals surface area (Å²) in [6.45, 7) is 5.23. The molecule has 3 aromatic rings. The van der Waals surface area contributed by atoms with E-state index in [1.54, 1.807) is 30.6 Å². The average molecular weight is 405 g/mol. The number of hydrogen-bond donors (Lipinski definition) is 0. The summed E-state index contributed by atoms with van der Waals surface area (Å²) < 4.78 is 18.2. The lowest BCUT2D eigenvalue weighted by Gasteiger charge is -2.23. The van der Waals surface area contributed by atoms with Crippen molar-refractivity contribution >= 4 is 39.9 Å². The van der Waals surface area contributed by atoms with Crippen molar-refractivity contribution < 1.29 is 19.0 Å². The highest BCUT2D eigenvalue weighted by atomic mass is 35.5. The summed E-state index contributed by atoms with van der Waals surface area (Å²) in [5.41, 5.74) is 1.43. The maximum Gasteiger partial charge on any atom is 0.361 e. The Morgan fingerprint density at radius 1 is 1.39 bits per heavy atom. The lowest BCUT2D eigenvalue weighted by Crippen LogP contribution is -2.30. The zero-order valence-corrected chi connectivity index (χ0v) is 16.6. The highest BCUT2D eigenvalue weighted by Crippen LogP contribution is 2.30. The van der Waals surface area contributed by atoms with Crippen LogP contribution in [-0.4, -0.2) is 59.5 Å². The van der Waals surface area contributed by atoms with Gasteiger partial charge in [0.1, 0.15) is 12.1 Å². The molecule has 0 atom stereocenters. The van der Waals surface area contributed by atoms with Gasteiger partial charge in [0.15, 0.2) is 17.6 Å². The Hall–Kier alpha value is -2.42. The monoisotopic (exact) mass is 404 g/mol. The SMILES string of the molecule is CC(C)OC(=O)c1ncn2c1nc(N(C)CC1OCCO1)c1cc(Cl)ccc12. The number of halogens is 1. The van der Waals surface area contributed by atoms with Crippen molar-refractivity contribution in [2.24, 2.45) is 0 Å². The van der Waals surface area contributed by atoms with Crippen molar-refractivity contribution in [2.75, 3.05) is 31.7 Å². The molecule has 4 rings (SSSR count). The molecule has 1 aliphatic rings. The summed E-state index contributed by atoms with van der Waals surface area (Å²) in [5, 5.41) is 1.43. The first kappa shape index (κ1) is 18.9. The zero-order valence-electron chi connectivity index (χ0n) is 15.9. The second kappa shape index (κ2) is 7.54. The van der Waals surface area contributed by atoms with Gasteiger partial charge in [-0.15, -0.1) is 0 Å². The molecule has 28 heavy (non-hydrogen) atoms. The maximum atomic E-state index is 12.5. The van der Waals surface area contributed by atoms with Gasteiger partial charge in [-0.05, 0) is 32.0 Å². The minimum Gasteiger partial charge on any atom is -0.458 e. The van der Waals surface area contributed by atoms with Crippen LogP contribution in [0.5, 0.6) is 0 Å². The topological polar surface area (TPSA) is 78.2 Å². The van der Waals surface area contributed by atoms with Gasteiger partial charge in [-0.25, -0.2) is 14.8 Å². The van der Waals surface area contributed by atoms with Crippen LogP contribution >= 0.6 is 11.6 Å². The van der Waals surface area contributed by atoms with Crippen molar-refractivity contribution in [3.05, 3.63) is 35.2 Å². The molecule has 148 valence electrons. The summed E-state index contributed by atoms with van der Waals surface area (Å²) in [5.74, 6) is 0.151. The summed E-state index contributed by atoms with van der Waals surface area (Å²) >= 11 is 6.24. The number of hydrogen-bond acceptors (Lipinski definition) is 7. The van der Waals surface area contributed by atoms with E-state index in [4.69, 9.17) is 30.8 Å². The Morgan fingerprint density at radius 2 is 2.14 bits per heavy atom. The number of benzene rings is 1. The molecule has 0 aliphatic carbocycles. The molecule has 0 spiro atoms. The van der Waals surface area contributed by atoms with Gasteiger partial charge in [-0.1, -0.05) is 11.6 Å². The van der Waals surface area contributed by atoms with Crippen LogP contribution in [0.1, 0.15) is 24.3 Å². The van der Waals surface area contributed by atoms with Crippen molar-refractivity contribution in [1.29, 1.82) is 0 Å². The minimum absolute atomic E-state index is 0.175. The third-order valence-corrected chi connectivity index (χ3v) is 4.66. The van der Waals surface area contributed by atoms with E-state index in [0.29, 0.717) is 36.2 Å². The number of fused-ring (bicyclic) bond motifs is 3. The molecule has 0 amide bonds. The largest absolute Gasteiger partial charge is 0.458 e. The Kier molecular flexibility index (Phi) is 5.09. The van der Waals surface area contributed by atoms with E-state index < -0.39 is 5.97 Å². The summed E-state index contributed by atoms with van der Waals surface area (Å²) in [6.07, 6.45) is 0.998. The molecule has 1 aromatic carbocycles. The van der Waals surface area contributed by atoms with Gasteiger partial charge in [0.05, 0.1) is 31.4 Å². The zero-order chi connectivity index (χ0) is 19.8. The Labute approximate surface area is 167 Å². The van der Waals surface area contributed by atoms with Gasteiger partial charge in [-0.2, -0.15) is 0 Å². The van der Waals surface area contributed by atoms with Crippen LogP contribution in [0.15, 0.2) is 24.5 Å². The highest BCUT2D eigenvalue weighted by Gasteiger charge is 2.24. The summed E-state index contributed by atoms with van der Waals surface area (Å²) in [6, 6.07) is 5.52. The molecule has 1 saturated heterocycles. The van der Waals surface area contributed by atoms with Gasteiger partial charge >= 0.3 is 5.97 Å². The lowest BCUT2D eigenvalue weighted by molar-refractivity contribution is -0.0336. The van der Waals surface area contributed by atoms with Gasteiger partial charge in [0.25, 0.3) is 0 Å². The van der Waals surface area contributed by atoms with E-state index in [1.165, 1.54) is 0 Å². The number of likely N-dealkylation sites (N-methyl/N-ethyl adjacent to an activating group) is 1. The first-order valence-electron chi connectivity index (χ1n) is 9.05. The van der Waals surface area contributed by atoms with Crippen LogP contribution in [0, 0.1) is 0 Å². The van der Waals surface area contributed by atoms with Crippen molar-refractivity contribution in [3.63, 3.8) is 0 Å². The maximum absolute atomic E-state index is 12.5.